The second-order valence-corrected chi connectivity index (χ2v) is 6.72. The Hall–Kier alpha value is -2.63. The second-order valence-electron chi connectivity index (χ2n) is 6.72. The summed E-state index contributed by atoms with van der Waals surface area (Å²) in [5, 5.41) is 2.98. The number of nitrogens with one attached hydrogen (secondary N) is 1. The number of hydrogen-bond acceptors (Lipinski definition) is 4. The Bertz CT molecular complexity index is 774. The summed E-state index contributed by atoms with van der Waals surface area (Å²) in [5.74, 6) is 0.655. The second kappa shape index (κ2) is 7.09. The molecule has 1 atom stereocenters. The van der Waals surface area contributed by atoms with Crippen molar-refractivity contribution < 1.29 is 4.79 Å². The third kappa shape index (κ3) is 3.73. The number of nitrogens with zero attached hydrogens (tertiary/aromatic N) is 4. The van der Waals surface area contributed by atoms with Crippen molar-refractivity contribution in [3.05, 3.63) is 52.8 Å². The van der Waals surface area contributed by atoms with Crippen LogP contribution in [0.15, 0.2) is 30.3 Å². The molecule has 0 saturated heterocycles. The molecule has 25 heavy (non-hydrogen) atoms. The molecule has 1 N–H and O–H groups in total. The fourth-order valence-corrected chi connectivity index (χ4v) is 3.28. The van der Waals surface area contributed by atoms with E-state index >= 15 is 0 Å². The fourth-order valence-electron chi connectivity index (χ4n) is 3.28. The number of rotatable bonds is 4. The van der Waals surface area contributed by atoms with E-state index in [0.29, 0.717) is 12.5 Å². The topological polar surface area (TPSA) is 61.4 Å². The van der Waals surface area contributed by atoms with E-state index in [1.54, 1.807) is 4.90 Å². The lowest BCUT2D eigenvalue weighted by Crippen LogP contribution is -2.38. The minimum absolute atomic E-state index is 0.0793. The molecule has 0 saturated carbocycles. The molecule has 2 amide bonds. The first-order chi connectivity index (χ1) is 12.0. The van der Waals surface area contributed by atoms with Gasteiger partial charge in [-0.1, -0.05) is 24.3 Å². The summed E-state index contributed by atoms with van der Waals surface area (Å²) in [6.07, 6.45) is 2.00. The first-order valence-corrected chi connectivity index (χ1v) is 8.56. The molecule has 0 aliphatic heterocycles. The molecule has 1 aromatic heterocycles. The Morgan fingerprint density at radius 2 is 2.00 bits per heavy atom. The van der Waals surface area contributed by atoms with Crippen LogP contribution >= 0.6 is 0 Å². The lowest BCUT2D eigenvalue weighted by molar-refractivity contribution is 0.189. The molecule has 6 nitrogen and oxygen atoms in total. The van der Waals surface area contributed by atoms with Gasteiger partial charge in [-0.05, 0) is 37.0 Å². The van der Waals surface area contributed by atoms with E-state index in [2.05, 4.69) is 33.5 Å². The summed E-state index contributed by atoms with van der Waals surface area (Å²) < 4.78 is 0. The van der Waals surface area contributed by atoms with E-state index in [0.717, 1.165) is 24.2 Å². The number of urea groups is 1. The maximum Gasteiger partial charge on any atom is 0.317 e. The van der Waals surface area contributed by atoms with Crippen LogP contribution in [0.2, 0.25) is 0 Å². The molecule has 132 valence electrons. The van der Waals surface area contributed by atoms with Crippen LogP contribution < -0.4 is 10.2 Å². The standard InChI is InChI=1S/C19H25N5O/c1-13-11-15(22-18(21-13)23(2)3)12-20-19(25)24(4)17-10-9-14-7-5-6-8-16(14)17/h5-8,11,17H,9-10,12H2,1-4H3,(H,20,25)/t17-/m1/s1. The largest absolute Gasteiger partial charge is 0.347 e. The third-order valence-electron chi connectivity index (χ3n) is 4.61. The van der Waals surface area contributed by atoms with Crippen molar-refractivity contribution in [3.63, 3.8) is 0 Å². The van der Waals surface area contributed by atoms with Gasteiger partial charge in [0.05, 0.1) is 18.3 Å². The Labute approximate surface area is 148 Å². The van der Waals surface area contributed by atoms with Crippen LogP contribution in [0.3, 0.4) is 0 Å². The van der Waals surface area contributed by atoms with E-state index in [-0.39, 0.29) is 12.1 Å². The summed E-state index contributed by atoms with van der Waals surface area (Å²) >= 11 is 0. The van der Waals surface area contributed by atoms with E-state index in [1.807, 2.05) is 45.1 Å². The number of benzene rings is 1. The summed E-state index contributed by atoms with van der Waals surface area (Å²) in [5.41, 5.74) is 4.30. The van der Waals surface area contributed by atoms with Gasteiger partial charge in [-0.2, -0.15) is 0 Å². The van der Waals surface area contributed by atoms with Crippen LogP contribution in [-0.2, 0) is 13.0 Å². The number of fused-ring (bicyclic) bond motifs is 1. The van der Waals surface area contributed by atoms with Crippen molar-refractivity contribution >= 4 is 12.0 Å². The van der Waals surface area contributed by atoms with Gasteiger partial charge in [0.25, 0.3) is 0 Å². The fraction of sp³-hybridized carbons (Fsp3) is 0.421. The molecule has 0 bridgehead atoms. The lowest BCUT2D eigenvalue weighted by atomic mass is 10.1. The van der Waals surface area contributed by atoms with E-state index in [4.69, 9.17) is 0 Å². The average Bonchev–Trinajstić information content (AvgIpc) is 3.02. The molecular formula is C19H25N5O. The van der Waals surface area contributed by atoms with Gasteiger partial charge in [-0.3, -0.25) is 0 Å². The molecule has 0 fully saturated rings. The Morgan fingerprint density at radius 1 is 1.24 bits per heavy atom. The lowest BCUT2D eigenvalue weighted by Gasteiger charge is -2.25. The monoisotopic (exact) mass is 339 g/mol. The molecule has 0 radical (unpaired) electrons. The summed E-state index contributed by atoms with van der Waals surface area (Å²) in [6.45, 7) is 2.32. The molecule has 3 rings (SSSR count). The Balaban J connectivity index is 1.65. The van der Waals surface area contributed by atoms with E-state index in [1.165, 1.54) is 11.1 Å². The number of aryl methyl sites for hydroxylation is 2. The number of carbonyl (C=O) groups excluding carboxylic acids is 1. The van der Waals surface area contributed by atoms with Crippen LogP contribution in [0.4, 0.5) is 10.7 Å². The van der Waals surface area contributed by atoms with E-state index in [9.17, 15) is 4.79 Å². The molecule has 1 aliphatic rings. The SMILES string of the molecule is Cc1cc(CNC(=O)N(C)[C@@H]2CCc3ccccc32)nc(N(C)C)n1. The van der Waals surface area contributed by atoms with Crippen LogP contribution in [0.5, 0.6) is 0 Å². The minimum Gasteiger partial charge on any atom is -0.347 e. The first kappa shape index (κ1) is 17.2. The van der Waals surface area contributed by atoms with Gasteiger partial charge < -0.3 is 15.1 Å². The van der Waals surface area contributed by atoms with Gasteiger partial charge >= 0.3 is 6.03 Å². The third-order valence-corrected chi connectivity index (χ3v) is 4.61. The highest BCUT2D eigenvalue weighted by atomic mass is 16.2. The summed E-state index contributed by atoms with van der Waals surface area (Å²) in [6, 6.07) is 10.3. The van der Waals surface area contributed by atoms with Gasteiger partial charge in [0.2, 0.25) is 5.95 Å². The van der Waals surface area contributed by atoms with Crippen LogP contribution in [0.1, 0.15) is 35.0 Å². The van der Waals surface area contributed by atoms with Crippen molar-refractivity contribution in [3.8, 4) is 0 Å². The number of anilines is 1. The maximum absolute atomic E-state index is 12.6. The quantitative estimate of drug-likeness (QED) is 0.930. The van der Waals surface area contributed by atoms with Crippen LogP contribution in [0.25, 0.3) is 0 Å². The molecule has 1 heterocycles. The molecule has 0 spiro atoms. The molecule has 0 unspecified atom stereocenters. The average molecular weight is 339 g/mol. The van der Waals surface area contributed by atoms with Crippen molar-refractivity contribution in [1.29, 1.82) is 0 Å². The molecule has 1 aromatic carbocycles. The Morgan fingerprint density at radius 3 is 2.76 bits per heavy atom. The predicted molar refractivity (Wildman–Crippen MR) is 98.6 cm³/mol. The zero-order valence-electron chi connectivity index (χ0n) is 15.3. The number of carbonyl (C=O) groups is 1. The first-order valence-electron chi connectivity index (χ1n) is 8.56. The highest BCUT2D eigenvalue weighted by Crippen LogP contribution is 2.34. The van der Waals surface area contributed by atoms with Crippen molar-refractivity contribution in [2.45, 2.75) is 32.4 Å². The van der Waals surface area contributed by atoms with Crippen molar-refractivity contribution in [2.75, 3.05) is 26.0 Å². The van der Waals surface area contributed by atoms with Crippen LogP contribution in [-0.4, -0.2) is 42.0 Å². The minimum atomic E-state index is -0.0793. The molecular weight excluding hydrogens is 314 g/mol. The van der Waals surface area contributed by atoms with Gasteiger partial charge in [-0.15, -0.1) is 0 Å². The zero-order chi connectivity index (χ0) is 18.0. The molecule has 2 aromatic rings. The molecule has 1 aliphatic carbocycles. The van der Waals surface area contributed by atoms with Gasteiger partial charge in [-0.25, -0.2) is 14.8 Å². The molecule has 6 heteroatoms. The number of hydrogen-bond donors (Lipinski definition) is 1. The van der Waals surface area contributed by atoms with Gasteiger partial charge in [0.1, 0.15) is 0 Å². The van der Waals surface area contributed by atoms with Crippen molar-refractivity contribution in [2.24, 2.45) is 0 Å². The number of aromatic nitrogens is 2. The van der Waals surface area contributed by atoms with Gasteiger partial charge in [0, 0.05) is 26.8 Å². The van der Waals surface area contributed by atoms with Crippen LogP contribution in [0, 0.1) is 6.92 Å². The summed E-state index contributed by atoms with van der Waals surface area (Å²) in [7, 11) is 5.67. The highest BCUT2D eigenvalue weighted by molar-refractivity contribution is 5.74. The summed E-state index contributed by atoms with van der Waals surface area (Å²) in [4.78, 5) is 25.1. The predicted octanol–water partition coefficient (Wildman–Crippen LogP) is 2.68. The zero-order valence-corrected chi connectivity index (χ0v) is 15.3. The number of amides is 2. The smallest absolute Gasteiger partial charge is 0.317 e. The van der Waals surface area contributed by atoms with Crippen molar-refractivity contribution in [1.82, 2.24) is 20.2 Å². The Kier molecular flexibility index (Phi) is 4.88. The normalized spacial score (nSPS) is 15.6. The highest BCUT2D eigenvalue weighted by Gasteiger charge is 2.28. The van der Waals surface area contributed by atoms with E-state index < -0.39 is 0 Å². The maximum atomic E-state index is 12.6. The van der Waals surface area contributed by atoms with Gasteiger partial charge in [0.15, 0.2) is 0 Å².